The van der Waals surface area contributed by atoms with E-state index in [1.54, 1.807) is 6.07 Å². The molecule has 0 spiro atoms. The van der Waals surface area contributed by atoms with Crippen molar-refractivity contribution in [2.75, 3.05) is 11.9 Å². The topological polar surface area (TPSA) is 41.1 Å². The van der Waals surface area contributed by atoms with Gasteiger partial charge in [-0.3, -0.25) is 0 Å². The standard InChI is InChI=1S/C18H21ClN2O/c1-13-15(19)10-7-11-16(13)21-17(22)20-12-18(2,3)14-8-5-4-6-9-14/h4-11H,12H2,1-3H3,(H2,20,21,22). The third kappa shape index (κ3) is 4.01. The van der Waals surface area contributed by atoms with E-state index in [0.717, 1.165) is 11.3 Å². The highest BCUT2D eigenvalue weighted by atomic mass is 35.5. The van der Waals surface area contributed by atoms with Crippen molar-refractivity contribution in [1.82, 2.24) is 5.32 Å². The van der Waals surface area contributed by atoms with E-state index in [9.17, 15) is 4.79 Å². The van der Waals surface area contributed by atoms with E-state index in [2.05, 4.69) is 36.6 Å². The van der Waals surface area contributed by atoms with Crippen LogP contribution in [0.3, 0.4) is 0 Å². The fourth-order valence-corrected chi connectivity index (χ4v) is 2.38. The molecule has 0 radical (unpaired) electrons. The molecule has 2 rings (SSSR count). The summed E-state index contributed by atoms with van der Waals surface area (Å²) in [5.41, 5.74) is 2.64. The molecular formula is C18H21ClN2O. The molecule has 0 bridgehead atoms. The Labute approximate surface area is 136 Å². The van der Waals surface area contributed by atoms with Crippen molar-refractivity contribution in [2.24, 2.45) is 0 Å². The van der Waals surface area contributed by atoms with Gasteiger partial charge in [-0.05, 0) is 30.2 Å². The van der Waals surface area contributed by atoms with Crippen molar-refractivity contribution < 1.29 is 4.79 Å². The molecule has 0 heterocycles. The van der Waals surface area contributed by atoms with Crippen molar-refractivity contribution >= 4 is 23.3 Å². The van der Waals surface area contributed by atoms with E-state index >= 15 is 0 Å². The van der Waals surface area contributed by atoms with E-state index in [-0.39, 0.29) is 11.4 Å². The van der Waals surface area contributed by atoms with E-state index < -0.39 is 0 Å². The van der Waals surface area contributed by atoms with Gasteiger partial charge in [-0.1, -0.05) is 61.8 Å². The summed E-state index contributed by atoms with van der Waals surface area (Å²) in [4.78, 5) is 12.1. The Morgan fingerprint density at radius 2 is 1.77 bits per heavy atom. The highest BCUT2D eigenvalue weighted by molar-refractivity contribution is 6.31. The normalized spacial score (nSPS) is 11.1. The number of anilines is 1. The number of hydrogen-bond acceptors (Lipinski definition) is 1. The third-order valence-corrected chi connectivity index (χ3v) is 4.17. The lowest BCUT2D eigenvalue weighted by Crippen LogP contribution is -2.39. The number of nitrogens with one attached hydrogen (secondary N) is 2. The van der Waals surface area contributed by atoms with E-state index in [0.29, 0.717) is 11.6 Å². The van der Waals surface area contributed by atoms with Crippen LogP contribution in [0.2, 0.25) is 5.02 Å². The van der Waals surface area contributed by atoms with Crippen LogP contribution in [0.25, 0.3) is 0 Å². The fraction of sp³-hybridized carbons (Fsp3) is 0.278. The molecule has 0 saturated heterocycles. The Kier molecular flexibility index (Phi) is 5.09. The molecule has 0 aliphatic carbocycles. The number of halogens is 1. The first-order valence-electron chi connectivity index (χ1n) is 7.25. The van der Waals surface area contributed by atoms with Gasteiger partial charge in [0.2, 0.25) is 0 Å². The highest BCUT2D eigenvalue weighted by Crippen LogP contribution is 2.23. The van der Waals surface area contributed by atoms with Gasteiger partial charge in [0.1, 0.15) is 0 Å². The molecule has 2 aromatic rings. The summed E-state index contributed by atoms with van der Waals surface area (Å²) < 4.78 is 0. The van der Waals surface area contributed by atoms with Crippen molar-refractivity contribution in [1.29, 1.82) is 0 Å². The maximum atomic E-state index is 12.1. The van der Waals surface area contributed by atoms with Crippen LogP contribution in [-0.4, -0.2) is 12.6 Å². The second-order valence-electron chi connectivity index (χ2n) is 5.97. The zero-order chi connectivity index (χ0) is 16.2. The summed E-state index contributed by atoms with van der Waals surface area (Å²) >= 11 is 6.06. The van der Waals surface area contributed by atoms with E-state index in [4.69, 9.17) is 11.6 Å². The first-order valence-corrected chi connectivity index (χ1v) is 7.63. The molecule has 0 aromatic heterocycles. The maximum Gasteiger partial charge on any atom is 0.319 e. The monoisotopic (exact) mass is 316 g/mol. The SMILES string of the molecule is Cc1c(Cl)cccc1NC(=O)NCC(C)(C)c1ccccc1. The molecule has 2 amide bonds. The number of rotatable bonds is 4. The van der Waals surface area contributed by atoms with Gasteiger partial charge in [0.05, 0.1) is 0 Å². The van der Waals surface area contributed by atoms with Crippen LogP contribution < -0.4 is 10.6 Å². The largest absolute Gasteiger partial charge is 0.337 e. The lowest BCUT2D eigenvalue weighted by molar-refractivity contribution is 0.249. The summed E-state index contributed by atoms with van der Waals surface area (Å²) in [7, 11) is 0. The Bertz CT molecular complexity index is 653. The van der Waals surface area contributed by atoms with Gasteiger partial charge in [-0.25, -0.2) is 4.79 Å². The number of carbonyl (C=O) groups excluding carboxylic acids is 1. The van der Waals surface area contributed by atoms with E-state index in [1.807, 2.05) is 37.3 Å². The van der Waals surface area contributed by atoms with Crippen LogP contribution in [0.1, 0.15) is 25.0 Å². The van der Waals surface area contributed by atoms with Crippen LogP contribution in [0.5, 0.6) is 0 Å². The van der Waals surface area contributed by atoms with Crippen molar-refractivity contribution in [3.63, 3.8) is 0 Å². The lowest BCUT2D eigenvalue weighted by Gasteiger charge is -2.25. The number of carbonyl (C=O) groups is 1. The number of amides is 2. The molecule has 4 heteroatoms. The van der Waals surface area contributed by atoms with Crippen LogP contribution in [0, 0.1) is 6.92 Å². The maximum absolute atomic E-state index is 12.1. The summed E-state index contributed by atoms with van der Waals surface area (Å²) in [6.07, 6.45) is 0. The molecule has 0 saturated carbocycles. The van der Waals surface area contributed by atoms with E-state index in [1.165, 1.54) is 5.56 Å². The molecule has 0 fully saturated rings. The van der Waals surface area contributed by atoms with Gasteiger partial charge in [0.15, 0.2) is 0 Å². The van der Waals surface area contributed by atoms with Gasteiger partial charge in [0, 0.05) is 22.7 Å². The Balaban J connectivity index is 1.97. The van der Waals surface area contributed by atoms with Gasteiger partial charge in [0.25, 0.3) is 0 Å². The first kappa shape index (κ1) is 16.4. The Hall–Kier alpha value is -2.00. The fourth-order valence-electron chi connectivity index (χ4n) is 2.20. The number of urea groups is 1. The predicted molar refractivity (Wildman–Crippen MR) is 92.7 cm³/mol. The van der Waals surface area contributed by atoms with Crippen LogP contribution in [0.4, 0.5) is 10.5 Å². The Morgan fingerprint density at radius 1 is 1.09 bits per heavy atom. The summed E-state index contributed by atoms with van der Waals surface area (Å²) in [5, 5.41) is 6.41. The molecule has 2 N–H and O–H groups in total. The molecule has 0 aliphatic rings. The first-order chi connectivity index (χ1) is 10.4. The molecule has 0 atom stereocenters. The molecule has 2 aromatic carbocycles. The smallest absolute Gasteiger partial charge is 0.319 e. The average Bonchev–Trinajstić information content (AvgIpc) is 2.51. The van der Waals surface area contributed by atoms with Crippen molar-refractivity contribution in [3.8, 4) is 0 Å². The van der Waals surface area contributed by atoms with Gasteiger partial charge in [-0.15, -0.1) is 0 Å². The quantitative estimate of drug-likeness (QED) is 0.839. The molecule has 0 unspecified atom stereocenters. The minimum atomic E-state index is -0.227. The Morgan fingerprint density at radius 3 is 2.45 bits per heavy atom. The van der Waals surface area contributed by atoms with Crippen LogP contribution in [-0.2, 0) is 5.41 Å². The third-order valence-electron chi connectivity index (χ3n) is 3.76. The summed E-state index contributed by atoms with van der Waals surface area (Å²) in [6, 6.07) is 15.4. The van der Waals surface area contributed by atoms with Gasteiger partial charge >= 0.3 is 6.03 Å². The second-order valence-corrected chi connectivity index (χ2v) is 6.38. The molecule has 0 aliphatic heterocycles. The average molecular weight is 317 g/mol. The predicted octanol–water partition coefficient (Wildman–Crippen LogP) is 4.75. The number of benzene rings is 2. The summed E-state index contributed by atoms with van der Waals surface area (Å²) in [6.45, 7) is 6.63. The lowest BCUT2D eigenvalue weighted by atomic mass is 9.85. The molecule has 3 nitrogen and oxygen atoms in total. The zero-order valence-electron chi connectivity index (χ0n) is 13.1. The second kappa shape index (κ2) is 6.84. The van der Waals surface area contributed by atoms with Gasteiger partial charge in [-0.2, -0.15) is 0 Å². The molecule has 116 valence electrons. The van der Waals surface area contributed by atoms with Crippen molar-refractivity contribution in [3.05, 3.63) is 64.7 Å². The van der Waals surface area contributed by atoms with Crippen LogP contribution in [0.15, 0.2) is 48.5 Å². The molecule has 22 heavy (non-hydrogen) atoms. The highest BCUT2D eigenvalue weighted by Gasteiger charge is 2.21. The van der Waals surface area contributed by atoms with Crippen LogP contribution >= 0.6 is 11.6 Å². The number of hydrogen-bond donors (Lipinski definition) is 2. The minimum Gasteiger partial charge on any atom is -0.337 e. The van der Waals surface area contributed by atoms with Crippen molar-refractivity contribution in [2.45, 2.75) is 26.2 Å². The minimum absolute atomic E-state index is 0.137. The molecular weight excluding hydrogens is 296 g/mol. The summed E-state index contributed by atoms with van der Waals surface area (Å²) in [5.74, 6) is 0. The van der Waals surface area contributed by atoms with Gasteiger partial charge < -0.3 is 10.6 Å². The zero-order valence-corrected chi connectivity index (χ0v) is 13.9.